The molecule has 0 amide bonds. The summed E-state index contributed by atoms with van der Waals surface area (Å²) in [7, 11) is -0.426. The zero-order chi connectivity index (χ0) is 24.2. The molecule has 174 valence electrons. The van der Waals surface area contributed by atoms with Crippen LogP contribution < -0.4 is 15.3 Å². The highest BCUT2D eigenvalue weighted by molar-refractivity contribution is 6.62. The van der Waals surface area contributed by atoms with E-state index in [0.717, 1.165) is 39.6 Å². The minimum atomic E-state index is -0.426. The molecule has 0 N–H and O–H groups in total. The fourth-order valence-electron chi connectivity index (χ4n) is 4.85. The topological polar surface area (TPSA) is 24.9 Å². The molecule has 2 aliphatic heterocycles. The Labute approximate surface area is 207 Å². The molecule has 6 rings (SSSR count). The SMILES string of the molecule is CC1(C)OB(c2ccc3c(c2)N(c2ccccc2)c2ccccc2N3c2ccccc2)OC1(C)C. The number of para-hydroxylation sites is 4. The average Bonchev–Trinajstić information content (AvgIpc) is 3.09. The molecular formula is C30H29BN2O2. The van der Waals surface area contributed by atoms with Gasteiger partial charge in [0, 0.05) is 11.4 Å². The standard InChI is InChI=1S/C30H29BN2O2/c1-29(2)30(3,4)35-31(34-29)22-19-20-27-28(21-22)33(24-15-9-6-10-16-24)26-18-12-11-17-25(26)32(27)23-13-7-5-8-14-23/h5-21H,1-4H3. The highest BCUT2D eigenvalue weighted by Gasteiger charge is 2.52. The molecule has 0 aromatic heterocycles. The maximum absolute atomic E-state index is 6.41. The van der Waals surface area contributed by atoms with E-state index in [0.29, 0.717) is 0 Å². The summed E-state index contributed by atoms with van der Waals surface area (Å²) in [6, 6.07) is 36.2. The fraction of sp³-hybridized carbons (Fsp3) is 0.200. The summed E-state index contributed by atoms with van der Waals surface area (Å²) < 4.78 is 12.8. The molecule has 1 fully saturated rings. The number of benzene rings is 4. The molecule has 0 saturated carbocycles. The minimum Gasteiger partial charge on any atom is -0.399 e. The molecule has 0 aliphatic carbocycles. The van der Waals surface area contributed by atoms with Gasteiger partial charge >= 0.3 is 7.12 Å². The van der Waals surface area contributed by atoms with Crippen LogP contribution in [0.4, 0.5) is 34.1 Å². The molecule has 0 atom stereocenters. The van der Waals surface area contributed by atoms with E-state index in [1.807, 2.05) is 0 Å². The number of hydrogen-bond acceptors (Lipinski definition) is 4. The van der Waals surface area contributed by atoms with E-state index < -0.39 is 18.3 Å². The Morgan fingerprint density at radius 3 is 1.46 bits per heavy atom. The van der Waals surface area contributed by atoms with Crippen molar-refractivity contribution in [3.63, 3.8) is 0 Å². The van der Waals surface area contributed by atoms with Crippen LogP contribution in [0.2, 0.25) is 0 Å². The van der Waals surface area contributed by atoms with E-state index in [2.05, 4.69) is 141 Å². The number of fused-ring (bicyclic) bond motifs is 2. The molecule has 2 heterocycles. The summed E-state index contributed by atoms with van der Waals surface area (Å²) in [5.41, 5.74) is 6.92. The Morgan fingerprint density at radius 1 is 0.514 bits per heavy atom. The summed E-state index contributed by atoms with van der Waals surface area (Å²) in [5, 5.41) is 0. The lowest BCUT2D eigenvalue weighted by atomic mass is 9.78. The Bertz CT molecular complexity index is 1360. The lowest BCUT2D eigenvalue weighted by molar-refractivity contribution is 0.00578. The van der Waals surface area contributed by atoms with Gasteiger partial charge in [-0.05, 0) is 81.7 Å². The minimum absolute atomic E-state index is 0.393. The monoisotopic (exact) mass is 460 g/mol. The maximum atomic E-state index is 6.41. The van der Waals surface area contributed by atoms with E-state index in [9.17, 15) is 0 Å². The fourth-order valence-corrected chi connectivity index (χ4v) is 4.85. The highest BCUT2D eigenvalue weighted by Crippen LogP contribution is 2.53. The maximum Gasteiger partial charge on any atom is 0.494 e. The van der Waals surface area contributed by atoms with Gasteiger partial charge in [-0.15, -0.1) is 0 Å². The predicted molar refractivity (Wildman–Crippen MR) is 145 cm³/mol. The molecule has 2 aliphatic rings. The molecule has 0 bridgehead atoms. The number of nitrogens with zero attached hydrogens (tertiary/aromatic N) is 2. The van der Waals surface area contributed by atoms with Crippen LogP contribution in [0.1, 0.15) is 27.7 Å². The second kappa shape index (κ2) is 8.01. The zero-order valence-electron chi connectivity index (χ0n) is 20.6. The van der Waals surface area contributed by atoms with Crippen LogP contribution in [0, 0.1) is 0 Å². The number of anilines is 6. The third kappa shape index (κ3) is 3.54. The van der Waals surface area contributed by atoms with E-state index in [-0.39, 0.29) is 0 Å². The van der Waals surface area contributed by atoms with Crippen LogP contribution in [-0.2, 0) is 9.31 Å². The Kier molecular flexibility index (Phi) is 5.03. The van der Waals surface area contributed by atoms with Crippen molar-refractivity contribution in [3.8, 4) is 0 Å². The Morgan fingerprint density at radius 2 is 0.943 bits per heavy atom. The van der Waals surface area contributed by atoms with Gasteiger partial charge in [0.1, 0.15) is 0 Å². The third-order valence-electron chi connectivity index (χ3n) is 7.40. The van der Waals surface area contributed by atoms with Gasteiger partial charge in [0.2, 0.25) is 0 Å². The second-order valence-corrected chi connectivity index (χ2v) is 10.2. The third-order valence-corrected chi connectivity index (χ3v) is 7.40. The van der Waals surface area contributed by atoms with Gasteiger partial charge in [-0.2, -0.15) is 0 Å². The molecular weight excluding hydrogens is 431 g/mol. The molecule has 1 saturated heterocycles. The molecule has 4 aromatic rings. The summed E-state index contributed by atoms with van der Waals surface area (Å²) >= 11 is 0. The average molecular weight is 460 g/mol. The van der Waals surface area contributed by atoms with Crippen LogP contribution >= 0.6 is 0 Å². The van der Waals surface area contributed by atoms with Gasteiger partial charge in [-0.25, -0.2) is 0 Å². The van der Waals surface area contributed by atoms with Crippen LogP contribution in [0.25, 0.3) is 0 Å². The van der Waals surface area contributed by atoms with Crippen LogP contribution in [-0.4, -0.2) is 18.3 Å². The van der Waals surface area contributed by atoms with Crippen molar-refractivity contribution in [1.29, 1.82) is 0 Å². The van der Waals surface area contributed by atoms with Crippen molar-refractivity contribution >= 4 is 46.7 Å². The summed E-state index contributed by atoms with van der Waals surface area (Å²) in [6.45, 7) is 8.37. The largest absolute Gasteiger partial charge is 0.494 e. The van der Waals surface area contributed by atoms with E-state index in [1.54, 1.807) is 0 Å². The van der Waals surface area contributed by atoms with Gasteiger partial charge in [-0.1, -0.05) is 54.6 Å². The van der Waals surface area contributed by atoms with Crippen molar-refractivity contribution in [3.05, 3.63) is 103 Å². The molecule has 35 heavy (non-hydrogen) atoms. The summed E-state index contributed by atoms with van der Waals surface area (Å²) in [6.07, 6.45) is 0. The lowest BCUT2D eigenvalue weighted by Gasteiger charge is -2.40. The van der Waals surface area contributed by atoms with Crippen LogP contribution in [0.3, 0.4) is 0 Å². The first-order valence-corrected chi connectivity index (χ1v) is 12.1. The van der Waals surface area contributed by atoms with Crippen molar-refractivity contribution in [2.75, 3.05) is 9.80 Å². The van der Waals surface area contributed by atoms with Gasteiger partial charge in [0.05, 0.1) is 34.0 Å². The van der Waals surface area contributed by atoms with Gasteiger partial charge in [-0.3, -0.25) is 0 Å². The molecule has 0 unspecified atom stereocenters. The van der Waals surface area contributed by atoms with Gasteiger partial charge in [0.25, 0.3) is 0 Å². The van der Waals surface area contributed by atoms with Crippen LogP contribution in [0.15, 0.2) is 103 Å². The number of hydrogen-bond donors (Lipinski definition) is 0. The molecule has 4 aromatic carbocycles. The van der Waals surface area contributed by atoms with Crippen molar-refractivity contribution in [2.24, 2.45) is 0 Å². The first-order valence-electron chi connectivity index (χ1n) is 12.1. The molecule has 0 spiro atoms. The molecule has 5 heteroatoms. The normalized spacial score (nSPS) is 17.8. The first kappa shape index (κ1) is 22.0. The van der Waals surface area contributed by atoms with Crippen molar-refractivity contribution < 1.29 is 9.31 Å². The second-order valence-electron chi connectivity index (χ2n) is 10.2. The predicted octanol–water partition coefficient (Wildman–Crippen LogP) is 7.24. The number of rotatable bonds is 3. The molecule has 0 radical (unpaired) electrons. The Balaban J connectivity index is 1.56. The lowest BCUT2D eigenvalue weighted by Crippen LogP contribution is -2.41. The highest BCUT2D eigenvalue weighted by atomic mass is 16.7. The van der Waals surface area contributed by atoms with Crippen molar-refractivity contribution in [2.45, 2.75) is 38.9 Å². The quantitative estimate of drug-likeness (QED) is 0.265. The summed E-state index contributed by atoms with van der Waals surface area (Å²) in [4.78, 5) is 4.66. The van der Waals surface area contributed by atoms with E-state index in [4.69, 9.17) is 9.31 Å². The molecule has 4 nitrogen and oxygen atoms in total. The Hall–Kier alpha value is -3.54. The van der Waals surface area contributed by atoms with Gasteiger partial charge < -0.3 is 19.1 Å². The van der Waals surface area contributed by atoms with Crippen molar-refractivity contribution in [1.82, 2.24) is 0 Å². The van der Waals surface area contributed by atoms with E-state index in [1.165, 1.54) is 0 Å². The summed E-state index contributed by atoms with van der Waals surface area (Å²) in [5.74, 6) is 0. The first-order chi connectivity index (χ1) is 16.9. The van der Waals surface area contributed by atoms with E-state index >= 15 is 0 Å². The smallest absolute Gasteiger partial charge is 0.399 e. The zero-order valence-corrected chi connectivity index (χ0v) is 20.6. The van der Waals surface area contributed by atoms with Gasteiger partial charge in [0.15, 0.2) is 0 Å². The van der Waals surface area contributed by atoms with Crippen LogP contribution in [0.5, 0.6) is 0 Å².